The minimum absolute atomic E-state index is 0.0566. The van der Waals surface area contributed by atoms with E-state index in [0.29, 0.717) is 16.0 Å². The molecule has 3 aromatic rings. The molecule has 0 saturated heterocycles. The third-order valence-electron chi connectivity index (χ3n) is 4.14. The zero-order valence-corrected chi connectivity index (χ0v) is 15.7. The van der Waals surface area contributed by atoms with Crippen LogP contribution in [0.1, 0.15) is 6.92 Å². The normalized spacial score (nSPS) is 11.7. The highest BCUT2D eigenvalue weighted by Gasteiger charge is 2.16. The van der Waals surface area contributed by atoms with Gasteiger partial charge in [0, 0.05) is 35.8 Å². The topological polar surface area (TPSA) is 54.3 Å². The van der Waals surface area contributed by atoms with Gasteiger partial charge >= 0.3 is 0 Å². The highest BCUT2D eigenvalue weighted by Crippen LogP contribution is 2.35. The van der Waals surface area contributed by atoms with E-state index in [9.17, 15) is 9.35 Å². The van der Waals surface area contributed by atoms with Crippen LogP contribution in [-0.4, -0.2) is 22.0 Å². The molecular weight excluding hydrogens is 346 g/mol. The monoisotopic (exact) mass is 365 g/mol. The molecule has 2 aromatic carbocycles. The highest BCUT2D eigenvalue weighted by atomic mass is 32.2. The zero-order valence-electron chi connectivity index (χ0n) is 14.9. The summed E-state index contributed by atoms with van der Waals surface area (Å²) < 4.78 is 19.4. The molecule has 1 atom stereocenters. The summed E-state index contributed by atoms with van der Waals surface area (Å²) in [5.74, 6) is 6.33. The Morgan fingerprint density at radius 1 is 1.15 bits per heavy atom. The average Bonchev–Trinajstić information content (AvgIpc) is 2.65. The van der Waals surface area contributed by atoms with Crippen LogP contribution in [0.4, 0.5) is 0 Å². The van der Waals surface area contributed by atoms with Crippen molar-refractivity contribution in [3.05, 3.63) is 59.0 Å². The van der Waals surface area contributed by atoms with Gasteiger partial charge in [0.15, 0.2) is 4.90 Å². The Morgan fingerprint density at radius 3 is 2.58 bits per heavy atom. The molecule has 0 saturated carbocycles. The molecule has 3 rings (SSSR count). The quantitative estimate of drug-likeness (QED) is 0.526. The van der Waals surface area contributed by atoms with Crippen LogP contribution in [0.5, 0.6) is 5.75 Å². The number of fused-ring (bicyclic) bond motifs is 1. The number of aromatic nitrogens is 1. The van der Waals surface area contributed by atoms with Crippen LogP contribution in [0, 0.1) is 11.8 Å². The Labute approximate surface area is 155 Å². The second kappa shape index (κ2) is 7.69. The lowest BCUT2D eigenvalue weighted by molar-refractivity contribution is 0.371. The van der Waals surface area contributed by atoms with Crippen molar-refractivity contribution < 1.29 is 9.29 Å². The number of aryl methyl sites for hydroxylation is 1. The lowest BCUT2D eigenvalue weighted by atomic mass is 10.00. The molecule has 0 aliphatic carbocycles. The first kappa shape index (κ1) is 18.1. The van der Waals surface area contributed by atoms with Crippen LogP contribution >= 0.6 is 0 Å². The van der Waals surface area contributed by atoms with Crippen LogP contribution in [0.2, 0.25) is 0 Å². The van der Waals surface area contributed by atoms with E-state index in [1.807, 2.05) is 36.4 Å². The lowest BCUT2D eigenvalue weighted by Crippen LogP contribution is -2.16. The SMILES string of the molecule is CC#CCOc1ccc([S+](C)[O-])cc1-c1cn(C)c(=O)c2ccccc12. The molecule has 1 unspecified atom stereocenters. The number of benzene rings is 2. The van der Waals surface area contributed by atoms with Crippen molar-refractivity contribution in [3.63, 3.8) is 0 Å². The van der Waals surface area contributed by atoms with Crippen molar-refractivity contribution in [1.82, 2.24) is 4.57 Å². The smallest absolute Gasteiger partial charge is 0.258 e. The summed E-state index contributed by atoms with van der Waals surface area (Å²) in [6, 6.07) is 12.9. The Bertz CT molecular complexity index is 1070. The van der Waals surface area contributed by atoms with Crippen molar-refractivity contribution in [2.45, 2.75) is 11.8 Å². The molecule has 0 aliphatic heterocycles. The van der Waals surface area contributed by atoms with E-state index in [0.717, 1.165) is 16.5 Å². The van der Waals surface area contributed by atoms with Crippen LogP contribution in [-0.2, 0) is 18.2 Å². The summed E-state index contributed by atoms with van der Waals surface area (Å²) in [4.78, 5) is 13.1. The fourth-order valence-electron chi connectivity index (χ4n) is 2.84. The molecule has 0 bridgehead atoms. The summed E-state index contributed by atoms with van der Waals surface area (Å²) in [6.45, 7) is 2.02. The van der Waals surface area contributed by atoms with Crippen LogP contribution < -0.4 is 10.3 Å². The first-order chi connectivity index (χ1) is 12.5. The van der Waals surface area contributed by atoms with Gasteiger partial charge in [-0.05, 0) is 41.7 Å². The maximum Gasteiger partial charge on any atom is 0.258 e. The summed E-state index contributed by atoms with van der Waals surface area (Å²) in [6.07, 6.45) is 3.43. The van der Waals surface area contributed by atoms with Gasteiger partial charge in [-0.1, -0.05) is 24.1 Å². The molecule has 0 radical (unpaired) electrons. The third kappa shape index (κ3) is 3.48. The lowest BCUT2D eigenvalue weighted by Gasteiger charge is -2.15. The Balaban J connectivity index is 2.29. The fraction of sp³-hybridized carbons (Fsp3) is 0.190. The summed E-state index contributed by atoms with van der Waals surface area (Å²) in [5.41, 5.74) is 1.59. The van der Waals surface area contributed by atoms with Crippen LogP contribution in [0.15, 0.2) is 58.4 Å². The zero-order chi connectivity index (χ0) is 18.7. The standard InChI is InChI=1S/C21H19NO3S/c1-4-5-12-25-20-11-10-15(26(3)24)13-18(20)19-14-22(2)21(23)17-9-7-6-8-16(17)19/h6-11,13-14H,12H2,1-3H3. The minimum Gasteiger partial charge on any atom is -0.612 e. The molecule has 4 nitrogen and oxygen atoms in total. The number of pyridine rings is 1. The minimum atomic E-state index is -1.12. The van der Waals surface area contributed by atoms with E-state index in [1.54, 1.807) is 37.1 Å². The number of hydrogen-bond donors (Lipinski definition) is 0. The molecule has 1 aromatic heterocycles. The maximum absolute atomic E-state index is 12.4. The van der Waals surface area contributed by atoms with E-state index >= 15 is 0 Å². The molecule has 26 heavy (non-hydrogen) atoms. The molecule has 0 fully saturated rings. The summed E-state index contributed by atoms with van der Waals surface area (Å²) in [7, 11) is 1.73. The average molecular weight is 365 g/mol. The van der Waals surface area contributed by atoms with Gasteiger partial charge in [-0.3, -0.25) is 4.79 Å². The second-order valence-electron chi connectivity index (χ2n) is 5.83. The molecular formula is C21H19NO3S. The van der Waals surface area contributed by atoms with Gasteiger partial charge in [0.05, 0.1) is 0 Å². The second-order valence-corrected chi connectivity index (χ2v) is 7.21. The summed E-state index contributed by atoms with van der Waals surface area (Å²) >= 11 is -1.12. The van der Waals surface area contributed by atoms with Gasteiger partial charge < -0.3 is 13.9 Å². The first-order valence-electron chi connectivity index (χ1n) is 8.11. The molecule has 0 aliphatic rings. The van der Waals surface area contributed by atoms with E-state index in [1.165, 1.54) is 0 Å². The number of ether oxygens (including phenoxy) is 1. The molecule has 0 amide bonds. The third-order valence-corrected chi connectivity index (χ3v) is 5.06. The van der Waals surface area contributed by atoms with Crippen molar-refractivity contribution in [1.29, 1.82) is 0 Å². The molecule has 0 N–H and O–H groups in total. The van der Waals surface area contributed by atoms with Gasteiger partial charge in [0.25, 0.3) is 5.56 Å². The summed E-state index contributed by atoms with van der Waals surface area (Å²) in [5, 5.41) is 1.47. The van der Waals surface area contributed by atoms with Gasteiger partial charge in [0.2, 0.25) is 0 Å². The molecule has 0 spiro atoms. The van der Waals surface area contributed by atoms with Gasteiger partial charge in [-0.2, -0.15) is 0 Å². The van der Waals surface area contributed by atoms with Crippen LogP contribution in [0.3, 0.4) is 0 Å². The Hall–Kier alpha value is -2.68. The largest absolute Gasteiger partial charge is 0.612 e. The highest BCUT2D eigenvalue weighted by molar-refractivity contribution is 7.90. The van der Waals surface area contributed by atoms with E-state index in [4.69, 9.17) is 4.74 Å². The van der Waals surface area contributed by atoms with Crippen LogP contribution in [0.25, 0.3) is 21.9 Å². The number of hydrogen-bond acceptors (Lipinski definition) is 3. The van der Waals surface area contributed by atoms with E-state index in [2.05, 4.69) is 11.8 Å². The predicted molar refractivity (Wildman–Crippen MR) is 106 cm³/mol. The van der Waals surface area contributed by atoms with Crippen molar-refractivity contribution in [2.24, 2.45) is 7.05 Å². The fourth-order valence-corrected chi connectivity index (χ4v) is 3.38. The predicted octanol–water partition coefficient (Wildman–Crippen LogP) is 3.35. The molecule has 5 heteroatoms. The first-order valence-corrected chi connectivity index (χ1v) is 9.67. The van der Waals surface area contributed by atoms with Gasteiger partial charge in [-0.15, -0.1) is 5.92 Å². The van der Waals surface area contributed by atoms with Crippen molar-refractivity contribution in [3.8, 4) is 28.7 Å². The van der Waals surface area contributed by atoms with E-state index < -0.39 is 11.2 Å². The number of rotatable bonds is 4. The van der Waals surface area contributed by atoms with Crippen molar-refractivity contribution >= 4 is 21.9 Å². The molecule has 132 valence electrons. The van der Waals surface area contributed by atoms with Gasteiger partial charge in [0.1, 0.15) is 18.6 Å². The van der Waals surface area contributed by atoms with E-state index in [-0.39, 0.29) is 12.2 Å². The maximum atomic E-state index is 12.4. The Morgan fingerprint density at radius 2 is 1.88 bits per heavy atom. The van der Waals surface area contributed by atoms with Crippen molar-refractivity contribution in [2.75, 3.05) is 12.9 Å². The Kier molecular flexibility index (Phi) is 5.36. The molecule has 1 heterocycles. The van der Waals surface area contributed by atoms with Gasteiger partial charge in [-0.25, -0.2) is 0 Å². The number of nitrogens with zero attached hydrogens (tertiary/aromatic N) is 1.